The van der Waals surface area contributed by atoms with Crippen molar-refractivity contribution in [3.63, 3.8) is 0 Å². The first-order chi connectivity index (χ1) is 7.57. The molecular formula is C12H17ClO3S. The Balaban J connectivity index is 3.61. The molecule has 17 heavy (non-hydrogen) atoms. The summed E-state index contributed by atoms with van der Waals surface area (Å²) in [7, 11) is 3.26. The molecule has 0 aliphatic heterocycles. The Bertz CT molecular complexity index is 527. The fraction of sp³-hybridized carbons (Fsp3) is 0.500. The van der Waals surface area contributed by atoms with Crippen molar-refractivity contribution in [2.75, 3.05) is 7.11 Å². The highest BCUT2D eigenvalue weighted by Gasteiger charge is 2.24. The molecule has 0 amide bonds. The molecule has 0 radical (unpaired) electrons. The van der Waals surface area contributed by atoms with Gasteiger partial charge in [-0.1, -0.05) is 20.8 Å². The second-order valence-electron chi connectivity index (χ2n) is 5.01. The third-order valence-corrected chi connectivity index (χ3v) is 4.03. The van der Waals surface area contributed by atoms with Crippen LogP contribution >= 0.6 is 10.7 Å². The van der Waals surface area contributed by atoms with Gasteiger partial charge in [0, 0.05) is 16.2 Å². The van der Waals surface area contributed by atoms with Crippen molar-refractivity contribution in [2.45, 2.75) is 38.0 Å². The van der Waals surface area contributed by atoms with E-state index in [9.17, 15) is 8.42 Å². The van der Waals surface area contributed by atoms with Gasteiger partial charge in [0.25, 0.3) is 9.05 Å². The van der Waals surface area contributed by atoms with Crippen LogP contribution in [0.2, 0.25) is 0 Å². The number of benzene rings is 1. The second-order valence-corrected chi connectivity index (χ2v) is 7.54. The first kappa shape index (κ1) is 14.3. The molecule has 1 aromatic carbocycles. The number of ether oxygens (including phenoxy) is 1. The smallest absolute Gasteiger partial charge is 0.261 e. The second kappa shape index (κ2) is 4.50. The molecule has 0 atom stereocenters. The lowest BCUT2D eigenvalue weighted by Crippen LogP contribution is -2.14. The Morgan fingerprint density at radius 2 is 1.76 bits per heavy atom. The lowest BCUT2D eigenvalue weighted by Gasteiger charge is -2.23. The summed E-state index contributed by atoms with van der Waals surface area (Å²) in [5.74, 6) is 0.680. The zero-order valence-electron chi connectivity index (χ0n) is 10.7. The Kier molecular flexibility index (Phi) is 3.79. The molecule has 0 saturated carbocycles. The standard InChI is InChI=1S/C12H17ClO3S/c1-8-6-10(16-5)9(12(2,3)4)7-11(8)17(13,14)15/h6-7H,1-5H3. The van der Waals surface area contributed by atoms with Gasteiger partial charge in [0.15, 0.2) is 0 Å². The summed E-state index contributed by atoms with van der Waals surface area (Å²) in [6.45, 7) is 7.67. The molecule has 1 aromatic rings. The summed E-state index contributed by atoms with van der Waals surface area (Å²) >= 11 is 0. The van der Waals surface area contributed by atoms with Gasteiger partial charge in [-0.3, -0.25) is 0 Å². The minimum absolute atomic E-state index is 0.143. The van der Waals surface area contributed by atoms with Crippen molar-refractivity contribution in [2.24, 2.45) is 0 Å². The van der Waals surface area contributed by atoms with E-state index >= 15 is 0 Å². The van der Waals surface area contributed by atoms with Gasteiger partial charge in [0.2, 0.25) is 0 Å². The molecular weight excluding hydrogens is 260 g/mol. The van der Waals surface area contributed by atoms with Gasteiger partial charge in [0.1, 0.15) is 5.75 Å². The highest BCUT2D eigenvalue weighted by Crippen LogP contribution is 2.35. The van der Waals surface area contributed by atoms with E-state index in [1.54, 1.807) is 26.2 Å². The minimum Gasteiger partial charge on any atom is -0.496 e. The first-order valence-electron chi connectivity index (χ1n) is 5.21. The van der Waals surface area contributed by atoms with Crippen molar-refractivity contribution in [3.8, 4) is 5.75 Å². The van der Waals surface area contributed by atoms with Crippen LogP contribution in [0.5, 0.6) is 5.75 Å². The van der Waals surface area contributed by atoms with Gasteiger partial charge in [-0.15, -0.1) is 0 Å². The summed E-state index contributed by atoms with van der Waals surface area (Å²) < 4.78 is 28.2. The van der Waals surface area contributed by atoms with Crippen molar-refractivity contribution in [1.82, 2.24) is 0 Å². The minimum atomic E-state index is -3.72. The molecule has 0 saturated heterocycles. The lowest BCUT2D eigenvalue weighted by molar-refractivity contribution is 0.396. The SMILES string of the molecule is COc1cc(C)c(S(=O)(=O)Cl)cc1C(C)(C)C. The Labute approximate surface area is 107 Å². The Morgan fingerprint density at radius 3 is 2.12 bits per heavy atom. The quantitative estimate of drug-likeness (QED) is 0.779. The van der Waals surface area contributed by atoms with Gasteiger partial charge >= 0.3 is 0 Å². The van der Waals surface area contributed by atoms with E-state index in [1.807, 2.05) is 20.8 Å². The zero-order chi connectivity index (χ0) is 13.4. The number of aryl methyl sites for hydroxylation is 1. The van der Waals surface area contributed by atoms with E-state index in [1.165, 1.54) is 0 Å². The topological polar surface area (TPSA) is 43.4 Å². The van der Waals surface area contributed by atoms with E-state index in [0.29, 0.717) is 11.3 Å². The summed E-state index contributed by atoms with van der Waals surface area (Å²) in [5.41, 5.74) is 1.20. The average Bonchev–Trinajstić information content (AvgIpc) is 2.13. The fourth-order valence-corrected chi connectivity index (χ4v) is 2.88. The number of methoxy groups -OCH3 is 1. The molecule has 5 heteroatoms. The maximum absolute atomic E-state index is 11.5. The first-order valence-corrected chi connectivity index (χ1v) is 7.52. The van der Waals surface area contributed by atoms with Gasteiger partial charge in [0.05, 0.1) is 12.0 Å². The van der Waals surface area contributed by atoms with Gasteiger partial charge in [-0.2, -0.15) is 0 Å². The summed E-state index contributed by atoms with van der Waals surface area (Å²) in [4.78, 5) is 0.143. The Morgan fingerprint density at radius 1 is 1.24 bits per heavy atom. The van der Waals surface area contributed by atoms with Crippen molar-refractivity contribution < 1.29 is 13.2 Å². The van der Waals surface area contributed by atoms with Crippen LogP contribution in [-0.2, 0) is 14.5 Å². The van der Waals surface area contributed by atoms with Crippen LogP contribution in [0.4, 0.5) is 0 Å². The number of rotatable bonds is 2. The number of hydrogen-bond donors (Lipinski definition) is 0. The highest BCUT2D eigenvalue weighted by atomic mass is 35.7. The van der Waals surface area contributed by atoms with E-state index < -0.39 is 9.05 Å². The largest absolute Gasteiger partial charge is 0.496 e. The summed E-state index contributed by atoms with van der Waals surface area (Å²) in [5, 5.41) is 0. The highest BCUT2D eigenvalue weighted by molar-refractivity contribution is 8.13. The molecule has 0 aromatic heterocycles. The monoisotopic (exact) mass is 276 g/mol. The Hall–Kier alpha value is -0.740. The lowest BCUT2D eigenvalue weighted by atomic mass is 9.86. The average molecular weight is 277 g/mol. The van der Waals surface area contributed by atoms with Crippen LogP contribution in [0, 0.1) is 6.92 Å². The predicted octanol–water partition coefficient (Wildman–Crippen LogP) is 3.23. The van der Waals surface area contributed by atoms with E-state index in [0.717, 1.165) is 5.56 Å². The fourth-order valence-electron chi connectivity index (χ4n) is 1.68. The maximum Gasteiger partial charge on any atom is 0.261 e. The van der Waals surface area contributed by atoms with E-state index in [4.69, 9.17) is 15.4 Å². The molecule has 0 spiro atoms. The van der Waals surface area contributed by atoms with Gasteiger partial charge < -0.3 is 4.74 Å². The molecule has 0 unspecified atom stereocenters. The van der Waals surface area contributed by atoms with Crippen molar-refractivity contribution in [3.05, 3.63) is 23.3 Å². The van der Waals surface area contributed by atoms with Crippen LogP contribution in [0.3, 0.4) is 0 Å². The van der Waals surface area contributed by atoms with Crippen LogP contribution in [0.15, 0.2) is 17.0 Å². The van der Waals surface area contributed by atoms with Crippen molar-refractivity contribution >= 4 is 19.7 Å². The number of halogens is 1. The van der Waals surface area contributed by atoms with Crippen LogP contribution < -0.4 is 4.74 Å². The van der Waals surface area contributed by atoms with Crippen LogP contribution in [0.25, 0.3) is 0 Å². The molecule has 1 rings (SSSR count). The molecule has 96 valence electrons. The number of hydrogen-bond acceptors (Lipinski definition) is 3. The van der Waals surface area contributed by atoms with Gasteiger partial charge in [-0.05, 0) is 30.0 Å². The van der Waals surface area contributed by atoms with E-state index in [-0.39, 0.29) is 10.3 Å². The molecule has 0 N–H and O–H groups in total. The third-order valence-electron chi connectivity index (χ3n) is 2.57. The van der Waals surface area contributed by atoms with Crippen LogP contribution in [-0.4, -0.2) is 15.5 Å². The van der Waals surface area contributed by atoms with Crippen LogP contribution in [0.1, 0.15) is 31.9 Å². The molecule has 0 bridgehead atoms. The molecule has 3 nitrogen and oxygen atoms in total. The molecule has 0 aliphatic rings. The normalized spacial score (nSPS) is 12.6. The maximum atomic E-state index is 11.5. The molecule has 0 aliphatic carbocycles. The molecule has 0 fully saturated rings. The van der Waals surface area contributed by atoms with Crippen molar-refractivity contribution in [1.29, 1.82) is 0 Å². The van der Waals surface area contributed by atoms with Gasteiger partial charge in [-0.25, -0.2) is 8.42 Å². The zero-order valence-corrected chi connectivity index (χ0v) is 12.2. The third kappa shape index (κ3) is 3.13. The summed E-state index contributed by atoms with van der Waals surface area (Å²) in [6, 6.07) is 3.30. The predicted molar refractivity (Wildman–Crippen MR) is 69.5 cm³/mol. The summed E-state index contributed by atoms with van der Waals surface area (Å²) in [6.07, 6.45) is 0. The molecule has 0 heterocycles. The van der Waals surface area contributed by atoms with E-state index in [2.05, 4.69) is 0 Å².